The molecule has 0 aliphatic rings. The molecule has 2 aromatic carbocycles. The largest absolute Gasteiger partial charge is 0.355 e. The van der Waals surface area contributed by atoms with Gasteiger partial charge < -0.3 is 10.6 Å². The summed E-state index contributed by atoms with van der Waals surface area (Å²) in [7, 11) is 1.54. The topological polar surface area (TPSA) is 113 Å². The predicted molar refractivity (Wildman–Crippen MR) is 107 cm³/mol. The van der Waals surface area contributed by atoms with E-state index in [2.05, 4.69) is 15.7 Å². The first-order chi connectivity index (χ1) is 13.4. The van der Waals surface area contributed by atoms with Crippen LogP contribution in [-0.2, 0) is 11.3 Å². The van der Waals surface area contributed by atoms with Crippen LogP contribution in [0.2, 0.25) is 0 Å². The van der Waals surface area contributed by atoms with Gasteiger partial charge in [0, 0.05) is 24.7 Å². The number of benzene rings is 2. The van der Waals surface area contributed by atoms with Crippen LogP contribution in [0.5, 0.6) is 0 Å². The number of fused-ring (bicyclic) bond motifs is 1. The summed E-state index contributed by atoms with van der Waals surface area (Å²) in [6, 6.07) is 11.6. The minimum atomic E-state index is -0.385. The number of carbonyl (C=O) groups excluding carboxylic acids is 2. The summed E-state index contributed by atoms with van der Waals surface area (Å²) < 4.78 is 1.14. The van der Waals surface area contributed by atoms with Crippen molar-refractivity contribution in [3.05, 3.63) is 74.3 Å². The predicted octanol–water partition coefficient (Wildman–Crippen LogP) is 1.39. The van der Waals surface area contributed by atoms with Crippen LogP contribution in [0.4, 0.5) is 5.69 Å². The summed E-state index contributed by atoms with van der Waals surface area (Å²) in [6.07, 6.45) is -0.0160. The summed E-state index contributed by atoms with van der Waals surface area (Å²) in [5.41, 5.74) is 0.887. The molecule has 0 saturated heterocycles. The Bertz CT molecular complexity index is 1180. The zero-order valence-corrected chi connectivity index (χ0v) is 15.5. The second-order valence-corrected chi connectivity index (χ2v) is 6.30. The zero-order valence-electron chi connectivity index (χ0n) is 15.5. The molecule has 0 unspecified atom stereocenters. The number of carbonyl (C=O) groups is 2. The fourth-order valence-electron chi connectivity index (χ4n) is 2.98. The molecule has 0 atom stereocenters. The minimum Gasteiger partial charge on any atom is -0.355 e. The van der Waals surface area contributed by atoms with E-state index in [-0.39, 0.29) is 35.9 Å². The Kier molecular flexibility index (Phi) is 5.39. The first-order valence-electron chi connectivity index (χ1n) is 8.75. The number of amides is 2. The van der Waals surface area contributed by atoms with Crippen molar-refractivity contribution in [1.29, 1.82) is 0 Å². The van der Waals surface area contributed by atoms with Crippen LogP contribution in [0, 0.1) is 6.92 Å². The second-order valence-electron chi connectivity index (χ2n) is 6.30. The highest BCUT2D eigenvalue weighted by Gasteiger charge is 2.13. The van der Waals surface area contributed by atoms with Gasteiger partial charge in [0.15, 0.2) is 0 Å². The van der Waals surface area contributed by atoms with E-state index in [1.54, 1.807) is 49.4 Å². The number of aryl methyl sites for hydroxylation is 1. The molecule has 3 aromatic rings. The molecule has 8 heteroatoms. The number of H-pyrrole nitrogens is 1. The molecule has 0 fully saturated rings. The van der Waals surface area contributed by atoms with Crippen molar-refractivity contribution in [3.63, 3.8) is 0 Å². The van der Waals surface area contributed by atoms with Crippen LogP contribution < -0.4 is 21.8 Å². The molecule has 0 radical (unpaired) electrons. The molecule has 28 heavy (non-hydrogen) atoms. The Morgan fingerprint density at radius 2 is 1.75 bits per heavy atom. The maximum atomic E-state index is 12.5. The molecule has 1 aromatic heterocycles. The van der Waals surface area contributed by atoms with Crippen molar-refractivity contribution in [3.8, 4) is 0 Å². The molecule has 0 saturated carbocycles. The molecule has 8 nitrogen and oxygen atoms in total. The summed E-state index contributed by atoms with van der Waals surface area (Å²) in [5, 5.41) is 8.41. The standard InChI is InChI=1S/C20H20N4O4/c1-12-13(18(26)21-2)8-5-9-16(12)22-17(25)10-11-24-20(28)15-7-4-3-6-14(15)19(27)23-24/h3-9H,10-11H2,1-2H3,(H,21,26)(H,22,25)(H,23,27). The van der Waals surface area contributed by atoms with Gasteiger partial charge in [0.25, 0.3) is 17.0 Å². The van der Waals surface area contributed by atoms with E-state index < -0.39 is 0 Å². The van der Waals surface area contributed by atoms with E-state index in [0.717, 1.165) is 4.68 Å². The van der Waals surface area contributed by atoms with Crippen LogP contribution in [0.15, 0.2) is 52.1 Å². The molecule has 1 heterocycles. The number of hydrogen-bond acceptors (Lipinski definition) is 4. The quantitative estimate of drug-likeness (QED) is 0.621. The number of rotatable bonds is 5. The van der Waals surface area contributed by atoms with E-state index >= 15 is 0 Å². The lowest BCUT2D eigenvalue weighted by Gasteiger charge is -2.12. The number of nitrogens with zero attached hydrogens (tertiary/aromatic N) is 1. The van der Waals surface area contributed by atoms with Gasteiger partial charge in [-0.05, 0) is 36.8 Å². The maximum Gasteiger partial charge on any atom is 0.273 e. The molecule has 0 aliphatic carbocycles. The average Bonchev–Trinajstić information content (AvgIpc) is 2.70. The van der Waals surface area contributed by atoms with Crippen molar-refractivity contribution >= 4 is 28.3 Å². The first-order valence-corrected chi connectivity index (χ1v) is 8.75. The fourth-order valence-corrected chi connectivity index (χ4v) is 2.98. The van der Waals surface area contributed by atoms with Gasteiger partial charge in [0.2, 0.25) is 5.91 Å². The summed E-state index contributed by atoms with van der Waals surface area (Å²) >= 11 is 0. The third-order valence-electron chi connectivity index (χ3n) is 4.53. The monoisotopic (exact) mass is 380 g/mol. The van der Waals surface area contributed by atoms with Crippen molar-refractivity contribution in [2.45, 2.75) is 19.9 Å². The van der Waals surface area contributed by atoms with E-state index in [1.807, 2.05) is 0 Å². The SMILES string of the molecule is CNC(=O)c1cccc(NC(=O)CCn2[nH]c(=O)c3ccccc3c2=O)c1C. The molecular formula is C20H20N4O4. The molecule has 144 valence electrons. The van der Waals surface area contributed by atoms with Gasteiger partial charge in [0.05, 0.1) is 17.3 Å². The van der Waals surface area contributed by atoms with Crippen molar-refractivity contribution in [1.82, 2.24) is 15.1 Å². The maximum absolute atomic E-state index is 12.5. The fraction of sp³-hybridized carbons (Fsp3) is 0.200. The Hall–Kier alpha value is -3.68. The third kappa shape index (κ3) is 3.71. The molecular weight excluding hydrogens is 360 g/mol. The summed E-state index contributed by atoms with van der Waals surface area (Å²) in [4.78, 5) is 48.8. The lowest BCUT2D eigenvalue weighted by atomic mass is 10.1. The van der Waals surface area contributed by atoms with Crippen LogP contribution in [-0.4, -0.2) is 28.6 Å². The zero-order chi connectivity index (χ0) is 20.3. The first kappa shape index (κ1) is 19.1. The van der Waals surface area contributed by atoms with Crippen LogP contribution in [0.25, 0.3) is 10.8 Å². The summed E-state index contributed by atoms with van der Waals surface area (Å²) in [6.45, 7) is 1.77. The Morgan fingerprint density at radius 1 is 1.04 bits per heavy atom. The third-order valence-corrected chi connectivity index (χ3v) is 4.53. The number of aromatic nitrogens is 2. The normalized spacial score (nSPS) is 10.6. The molecule has 0 spiro atoms. The number of anilines is 1. The molecule has 3 rings (SSSR count). The highest BCUT2D eigenvalue weighted by molar-refractivity contribution is 5.99. The van der Waals surface area contributed by atoms with Gasteiger partial charge in [-0.25, -0.2) is 4.68 Å². The summed E-state index contributed by atoms with van der Waals surface area (Å²) in [5.74, 6) is -0.577. The number of aromatic amines is 1. The van der Waals surface area contributed by atoms with Crippen molar-refractivity contribution < 1.29 is 9.59 Å². The van der Waals surface area contributed by atoms with E-state index in [9.17, 15) is 19.2 Å². The van der Waals surface area contributed by atoms with Gasteiger partial charge in [-0.15, -0.1) is 0 Å². The number of nitrogens with one attached hydrogen (secondary N) is 3. The van der Waals surface area contributed by atoms with E-state index in [0.29, 0.717) is 27.6 Å². The molecule has 3 N–H and O–H groups in total. The Labute approximate surface area is 160 Å². The Balaban J connectivity index is 1.76. The highest BCUT2D eigenvalue weighted by atomic mass is 16.2. The molecule has 2 amide bonds. The molecule has 0 bridgehead atoms. The van der Waals surface area contributed by atoms with Crippen molar-refractivity contribution in [2.24, 2.45) is 0 Å². The van der Waals surface area contributed by atoms with E-state index in [4.69, 9.17) is 0 Å². The van der Waals surface area contributed by atoms with Gasteiger partial charge in [0.1, 0.15) is 0 Å². The van der Waals surface area contributed by atoms with Crippen molar-refractivity contribution in [2.75, 3.05) is 12.4 Å². The van der Waals surface area contributed by atoms with Gasteiger partial charge >= 0.3 is 0 Å². The molecule has 0 aliphatic heterocycles. The number of hydrogen-bond donors (Lipinski definition) is 3. The lowest BCUT2D eigenvalue weighted by molar-refractivity contribution is -0.116. The Morgan fingerprint density at radius 3 is 2.46 bits per heavy atom. The van der Waals surface area contributed by atoms with Crippen LogP contribution in [0.3, 0.4) is 0 Å². The lowest BCUT2D eigenvalue weighted by Crippen LogP contribution is -2.31. The smallest absolute Gasteiger partial charge is 0.273 e. The van der Waals surface area contributed by atoms with Gasteiger partial charge in [-0.3, -0.25) is 24.3 Å². The second kappa shape index (κ2) is 7.91. The van der Waals surface area contributed by atoms with Gasteiger partial charge in [-0.1, -0.05) is 18.2 Å². The average molecular weight is 380 g/mol. The van der Waals surface area contributed by atoms with E-state index in [1.165, 1.54) is 7.05 Å². The van der Waals surface area contributed by atoms with Crippen LogP contribution >= 0.6 is 0 Å². The minimum absolute atomic E-state index is 0.0160. The van der Waals surface area contributed by atoms with Gasteiger partial charge in [-0.2, -0.15) is 0 Å². The highest BCUT2D eigenvalue weighted by Crippen LogP contribution is 2.19. The van der Waals surface area contributed by atoms with Crippen LogP contribution in [0.1, 0.15) is 22.3 Å².